The van der Waals surface area contributed by atoms with E-state index in [1.807, 2.05) is 19.1 Å². The van der Waals surface area contributed by atoms with Crippen molar-refractivity contribution in [2.24, 2.45) is 10.8 Å². The van der Waals surface area contributed by atoms with Crippen LogP contribution in [0, 0.1) is 15.7 Å². The Morgan fingerprint density at radius 2 is 1.71 bits per heavy atom. The topological polar surface area (TPSA) is 211 Å². The second-order valence-electron chi connectivity index (χ2n) is 12.1. The van der Waals surface area contributed by atoms with Crippen molar-refractivity contribution < 1.29 is 24.0 Å². The first kappa shape index (κ1) is 30.1. The predicted molar refractivity (Wildman–Crippen MR) is 164 cm³/mol. The molecule has 4 aromatic rings. The maximum absolute atomic E-state index is 13.4. The van der Waals surface area contributed by atoms with E-state index in [-0.39, 0.29) is 57.9 Å². The molecule has 2 amide bonds. The zero-order chi connectivity index (χ0) is 32.1. The summed E-state index contributed by atoms with van der Waals surface area (Å²) >= 11 is 5.21. The van der Waals surface area contributed by atoms with Crippen LogP contribution in [0.5, 0.6) is 0 Å². The van der Waals surface area contributed by atoms with E-state index in [2.05, 4.69) is 26.1 Å². The number of aromatic nitrogens is 3. The van der Waals surface area contributed by atoms with E-state index >= 15 is 0 Å². The van der Waals surface area contributed by atoms with Crippen LogP contribution in [0.1, 0.15) is 77.6 Å². The second-order valence-corrected chi connectivity index (χ2v) is 12.4. The molecule has 2 aromatic heterocycles. The van der Waals surface area contributed by atoms with Gasteiger partial charge in [0.05, 0.1) is 5.41 Å². The molecule has 3 aliphatic rings. The molecule has 0 radical (unpaired) electrons. The number of carbonyl (C=O) groups is 3. The van der Waals surface area contributed by atoms with Gasteiger partial charge in [-0.2, -0.15) is 0 Å². The van der Waals surface area contributed by atoms with Crippen molar-refractivity contribution in [2.45, 2.75) is 64.6 Å². The number of nitrogens with two attached hydrogens (primary N) is 1. The standard InChI is InChI=1S/C30H31N7O7S/c1-15(29-5-8-30(9-6-29,10-7-29)26(42)43)34-24(40)18-12-19(37-27(35-18)36-44-28(37)45)25(41)33-14-17-4-2-3-16(11-17)13-32-21-20(31)22(38)23(21)39/h2-4,11-12,15,32H,5-10,13-14,31H2,1H3,(H,33,41)(H,34,40)(H,42,43). The van der Waals surface area contributed by atoms with E-state index in [4.69, 9.17) is 22.5 Å². The van der Waals surface area contributed by atoms with Gasteiger partial charge in [-0.1, -0.05) is 24.3 Å². The number of aliphatic carboxylic acids is 1. The van der Waals surface area contributed by atoms with Gasteiger partial charge in [0, 0.05) is 19.1 Å². The number of benzene rings is 1. The lowest BCUT2D eigenvalue weighted by Crippen LogP contribution is -2.54. The molecule has 2 bridgehead atoms. The van der Waals surface area contributed by atoms with Crippen molar-refractivity contribution in [3.63, 3.8) is 0 Å². The molecule has 1 atom stereocenters. The zero-order valence-electron chi connectivity index (χ0n) is 24.3. The number of carboxylic acid groups (broad SMARTS) is 1. The zero-order valence-corrected chi connectivity index (χ0v) is 25.2. The lowest BCUT2D eigenvalue weighted by molar-refractivity contribution is -0.159. The first-order chi connectivity index (χ1) is 21.4. The fourth-order valence-corrected chi connectivity index (χ4v) is 6.86. The summed E-state index contributed by atoms with van der Waals surface area (Å²) in [7, 11) is 0. The fraction of sp³-hybridized carbons (Fsp3) is 0.400. The Bertz CT molecular complexity index is 1970. The van der Waals surface area contributed by atoms with Crippen molar-refractivity contribution in [1.82, 2.24) is 25.2 Å². The first-order valence-electron chi connectivity index (χ1n) is 14.6. The van der Waals surface area contributed by atoms with Crippen LogP contribution < -0.4 is 32.5 Å². The molecular formula is C30H31N7O7S. The van der Waals surface area contributed by atoms with Crippen LogP contribution in [0.4, 0.5) is 11.4 Å². The van der Waals surface area contributed by atoms with Gasteiger partial charge in [-0.3, -0.25) is 24.0 Å². The summed E-state index contributed by atoms with van der Waals surface area (Å²) in [6.45, 7) is 2.29. The maximum Gasteiger partial charge on any atom is 0.309 e. The minimum absolute atomic E-state index is 0.0113. The van der Waals surface area contributed by atoms with Crippen LogP contribution in [0.25, 0.3) is 5.78 Å². The molecule has 15 heteroatoms. The molecule has 3 saturated carbocycles. The van der Waals surface area contributed by atoms with E-state index < -0.39 is 34.1 Å². The Kier molecular flexibility index (Phi) is 7.51. The van der Waals surface area contributed by atoms with Gasteiger partial charge in [-0.15, -0.1) is 0 Å². The molecule has 234 valence electrons. The van der Waals surface area contributed by atoms with Gasteiger partial charge < -0.3 is 31.3 Å². The summed E-state index contributed by atoms with van der Waals surface area (Å²) in [4.78, 5) is 65.8. The molecule has 0 aliphatic heterocycles. The molecule has 2 heterocycles. The van der Waals surface area contributed by atoms with Gasteiger partial charge in [0.15, 0.2) is 0 Å². The van der Waals surface area contributed by atoms with Crippen LogP contribution in [0.2, 0.25) is 0 Å². The second kappa shape index (κ2) is 11.2. The van der Waals surface area contributed by atoms with Gasteiger partial charge in [0.25, 0.3) is 28.4 Å². The van der Waals surface area contributed by atoms with Gasteiger partial charge in [0.1, 0.15) is 22.8 Å². The monoisotopic (exact) mass is 633 g/mol. The van der Waals surface area contributed by atoms with E-state index in [1.54, 1.807) is 12.1 Å². The number of amides is 2. The maximum atomic E-state index is 13.4. The summed E-state index contributed by atoms with van der Waals surface area (Å²) in [5.41, 5.74) is 4.89. The average Bonchev–Trinajstić information content (AvgIpc) is 3.44. The van der Waals surface area contributed by atoms with Crippen molar-refractivity contribution >= 4 is 47.2 Å². The Morgan fingerprint density at radius 1 is 1.04 bits per heavy atom. The largest absolute Gasteiger partial charge is 0.481 e. The Hall–Kier alpha value is -4.92. The molecule has 14 nitrogen and oxygen atoms in total. The van der Waals surface area contributed by atoms with Crippen LogP contribution in [0.15, 0.2) is 44.4 Å². The van der Waals surface area contributed by atoms with E-state index in [1.165, 1.54) is 10.5 Å². The molecule has 0 spiro atoms. The van der Waals surface area contributed by atoms with Crippen LogP contribution in [-0.4, -0.2) is 43.5 Å². The normalized spacial score (nSPS) is 21.4. The number of nitrogens with zero attached hydrogens (tertiary/aromatic N) is 3. The molecular weight excluding hydrogens is 602 g/mol. The molecule has 45 heavy (non-hydrogen) atoms. The summed E-state index contributed by atoms with van der Waals surface area (Å²) in [5, 5.41) is 22.3. The highest BCUT2D eigenvalue weighted by Gasteiger charge is 2.54. The molecule has 7 rings (SSSR count). The predicted octanol–water partition coefficient (Wildman–Crippen LogP) is 2.32. The van der Waals surface area contributed by atoms with E-state index in [9.17, 15) is 29.1 Å². The fourth-order valence-electron chi connectivity index (χ4n) is 6.64. The third-order valence-corrected chi connectivity index (χ3v) is 9.93. The van der Waals surface area contributed by atoms with Gasteiger partial charge >= 0.3 is 10.8 Å². The van der Waals surface area contributed by atoms with Gasteiger partial charge in [-0.05, 0) is 85.4 Å². The number of anilines is 2. The Labute approximate surface area is 260 Å². The van der Waals surface area contributed by atoms with Crippen molar-refractivity contribution in [2.75, 3.05) is 11.1 Å². The molecule has 3 fully saturated rings. The average molecular weight is 634 g/mol. The quantitative estimate of drug-likeness (QED) is 0.126. The number of nitrogens with one attached hydrogen (secondary N) is 3. The molecule has 3 aliphatic carbocycles. The minimum Gasteiger partial charge on any atom is -0.481 e. The number of carbonyl (C=O) groups excluding carboxylic acids is 2. The summed E-state index contributed by atoms with van der Waals surface area (Å²) in [6, 6.07) is 8.31. The third-order valence-electron chi connectivity index (χ3n) is 9.67. The molecule has 6 N–H and O–H groups in total. The molecule has 1 unspecified atom stereocenters. The van der Waals surface area contributed by atoms with Crippen molar-refractivity contribution in [1.29, 1.82) is 0 Å². The van der Waals surface area contributed by atoms with Gasteiger partial charge in [-0.25, -0.2) is 9.38 Å². The number of rotatable bonds is 10. The van der Waals surface area contributed by atoms with Gasteiger partial charge in [0.2, 0.25) is 0 Å². The van der Waals surface area contributed by atoms with E-state index in [0.29, 0.717) is 38.5 Å². The number of nitrogen functional groups attached to an aromatic ring is 1. The number of hydrogen-bond acceptors (Lipinski definition) is 11. The summed E-state index contributed by atoms with van der Waals surface area (Å²) in [6.07, 6.45) is 3.88. The van der Waals surface area contributed by atoms with E-state index in [0.717, 1.165) is 11.1 Å². The lowest BCUT2D eigenvalue weighted by atomic mass is 9.52. The first-order valence-corrected chi connectivity index (χ1v) is 15.0. The molecule has 2 aromatic carbocycles. The Balaban J connectivity index is 1.15. The third kappa shape index (κ3) is 5.26. The van der Waals surface area contributed by atoms with Crippen LogP contribution in [0.3, 0.4) is 0 Å². The van der Waals surface area contributed by atoms with Crippen LogP contribution in [-0.2, 0) is 17.9 Å². The van der Waals surface area contributed by atoms with Crippen molar-refractivity contribution in [3.8, 4) is 0 Å². The Morgan fingerprint density at radius 3 is 2.36 bits per heavy atom. The highest BCUT2D eigenvalue weighted by Crippen LogP contribution is 2.58. The number of carboxylic acids is 1. The van der Waals surface area contributed by atoms with Crippen LogP contribution >= 0.6 is 12.2 Å². The molecule has 0 saturated heterocycles. The summed E-state index contributed by atoms with van der Waals surface area (Å²) in [5.74, 6) is -1.83. The highest BCUT2D eigenvalue weighted by atomic mass is 32.1. The SMILES string of the molecule is CC(NC(=O)c1cc(C(=O)NCc2cccc(CNc3c(N)c(=O)c3=O)c2)n2c(=S)onc2n1)C12CCC(C(=O)O)(CC1)CC2. The number of fused-ring (bicyclic) bond motifs is 4. The minimum atomic E-state index is -0.740. The lowest BCUT2D eigenvalue weighted by Gasteiger charge is -2.54. The number of hydrogen-bond donors (Lipinski definition) is 5. The summed E-state index contributed by atoms with van der Waals surface area (Å²) < 4.78 is 6.33. The highest BCUT2D eigenvalue weighted by molar-refractivity contribution is 7.71. The smallest absolute Gasteiger partial charge is 0.309 e. The van der Waals surface area contributed by atoms with Crippen molar-refractivity contribution in [3.05, 3.63) is 78.1 Å².